The first-order chi connectivity index (χ1) is 18.9. The summed E-state index contributed by atoms with van der Waals surface area (Å²) in [6.07, 6.45) is 0.891. The first kappa shape index (κ1) is 25.3. The number of aromatic nitrogens is 4. The van der Waals surface area contributed by atoms with Crippen LogP contribution in [0.15, 0.2) is 65.3 Å². The van der Waals surface area contributed by atoms with E-state index in [4.69, 9.17) is 4.42 Å². The lowest BCUT2D eigenvalue weighted by molar-refractivity contribution is 0.148. The summed E-state index contributed by atoms with van der Waals surface area (Å²) in [6.45, 7) is 0.338. The fraction of sp³-hybridized carbons (Fsp3) is 0.276. The minimum atomic E-state index is -2.75. The summed E-state index contributed by atoms with van der Waals surface area (Å²) in [5.41, 5.74) is 3.41. The highest BCUT2D eigenvalue weighted by molar-refractivity contribution is 5.84. The molecule has 1 aliphatic rings. The van der Waals surface area contributed by atoms with Gasteiger partial charge in [-0.1, -0.05) is 18.2 Å². The maximum atomic E-state index is 14.2. The van der Waals surface area contributed by atoms with Crippen LogP contribution in [0.2, 0.25) is 0 Å². The lowest BCUT2D eigenvalue weighted by Crippen LogP contribution is -2.35. The summed E-state index contributed by atoms with van der Waals surface area (Å²) in [5.74, 6) is 0.302. The number of oxazole rings is 1. The van der Waals surface area contributed by atoms with Gasteiger partial charge in [0.2, 0.25) is 5.89 Å². The number of nitrogens with zero attached hydrogens (tertiary/aromatic N) is 4. The lowest BCUT2D eigenvalue weighted by Gasteiger charge is -2.16. The number of aliphatic hydroxyl groups excluding tert-OH is 1. The van der Waals surface area contributed by atoms with Crippen LogP contribution in [-0.2, 0) is 13.6 Å². The van der Waals surface area contributed by atoms with Gasteiger partial charge in [-0.3, -0.25) is 0 Å². The van der Waals surface area contributed by atoms with Crippen molar-refractivity contribution in [3.63, 3.8) is 0 Å². The second-order valence-electron chi connectivity index (χ2n) is 9.87. The third-order valence-corrected chi connectivity index (χ3v) is 7.22. The standard InChI is InChI=1S/C29H26F3N5O2/c1-37-15-34-36-28(37)21-13-19(30)8-9-20(21)17-4-2-5-18(12-17)29-35-24-11-16(10-22(27(31)32)26(24)39-29)14-33-23-6-3-7-25(23)38/h2,4-5,8-13,15,23,25,27,33,38H,3,6-7,14H2,1H3/t23-,25+/m1/s1. The van der Waals surface area contributed by atoms with Crippen LogP contribution in [0.3, 0.4) is 0 Å². The second kappa shape index (κ2) is 10.3. The Morgan fingerprint density at radius 2 is 1.92 bits per heavy atom. The maximum absolute atomic E-state index is 14.2. The van der Waals surface area contributed by atoms with Crippen molar-refractivity contribution in [1.82, 2.24) is 25.1 Å². The molecule has 2 atom stereocenters. The van der Waals surface area contributed by atoms with E-state index < -0.39 is 18.3 Å². The smallest absolute Gasteiger partial charge is 0.267 e. The van der Waals surface area contributed by atoms with Crippen molar-refractivity contribution in [3.8, 4) is 34.0 Å². The topological polar surface area (TPSA) is 89.0 Å². The summed E-state index contributed by atoms with van der Waals surface area (Å²) >= 11 is 0. The molecule has 3 aromatic carbocycles. The highest BCUT2D eigenvalue weighted by Gasteiger charge is 2.25. The average molecular weight is 534 g/mol. The van der Waals surface area contributed by atoms with Crippen LogP contribution in [0.25, 0.3) is 45.1 Å². The minimum Gasteiger partial charge on any atom is -0.436 e. The van der Waals surface area contributed by atoms with Gasteiger partial charge < -0.3 is 19.4 Å². The van der Waals surface area contributed by atoms with Crippen LogP contribution in [0.5, 0.6) is 0 Å². The highest BCUT2D eigenvalue weighted by Crippen LogP contribution is 2.36. The number of hydrogen-bond acceptors (Lipinski definition) is 6. The van der Waals surface area contributed by atoms with E-state index in [0.717, 1.165) is 30.4 Å². The Labute approximate surface area is 222 Å². The van der Waals surface area contributed by atoms with Gasteiger partial charge in [-0.25, -0.2) is 18.2 Å². The Kier molecular flexibility index (Phi) is 6.66. The van der Waals surface area contributed by atoms with Crippen molar-refractivity contribution in [2.24, 2.45) is 7.05 Å². The largest absolute Gasteiger partial charge is 0.436 e. The van der Waals surface area contributed by atoms with Crippen molar-refractivity contribution < 1.29 is 22.7 Å². The number of aliphatic hydroxyl groups is 1. The molecular weight excluding hydrogens is 507 g/mol. The van der Waals surface area contributed by atoms with Crippen LogP contribution >= 0.6 is 0 Å². The monoisotopic (exact) mass is 533 g/mol. The van der Waals surface area contributed by atoms with Gasteiger partial charge in [-0.2, -0.15) is 0 Å². The van der Waals surface area contributed by atoms with Crippen LogP contribution in [0, 0.1) is 5.82 Å². The Balaban J connectivity index is 1.37. The summed E-state index contributed by atoms with van der Waals surface area (Å²) in [6, 6.07) is 14.8. The number of aryl methyl sites for hydroxylation is 1. The van der Waals surface area contributed by atoms with Gasteiger partial charge in [-0.05, 0) is 72.4 Å². The number of benzene rings is 3. The van der Waals surface area contributed by atoms with Crippen molar-refractivity contribution in [3.05, 3.63) is 77.9 Å². The number of halogens is 3. The zero-order valence-corrected chi connectivity index (χ0v) is 21.1. The van der Waals surface area contributed by atoms with E-state index in [1.54, 1.807) is 42.2 Å². The fourth-order valence-corrected chi connectivity index (χ4v) is 5.23. The second-order valence-corrected chi connectivity index (χ2v) is 9.87. The molecule has 200 valence electrons. The Morgan fingerprint density at radius 3 is 2.67 bits per heavy atom. The number of hydrogen-bond donors (Lipinski definition) is 2. The van der Waals surface area contributed by atoms with E-state index in [0.29, 0.717) is 34.6 Å². The lowest BCUT2D eigenvalue weighted by atomic mass is 9.97. The molecule has 1 aliphatic carbocycles. The Hall–Kier alpha value is -4.02. The zero-order valence-electron chi connectivity index (χ0n) is 21.1. The normalized spacial score (nSPS) is 17.5. The SMILES string of the molecule is Cn1cnnc1-c1cc(F)ccc1-c1cccc(-c2nc3cc(CN[C@@H]4CCC[C@@H]4O)cc(C(F)F)c3o2)c1. The first-order valence-corrected chi connectivity index (χ1v) is 12.7. The molecule has 2 aromatic heterocycles. The van der Waals surface area contributed by atoms with Crippen LogP contribution in [-0.4, -0.2) is 37.0 Å². The molecule has 6 rings (SSSR count). The molecule has 0 unspecified atom stereocenters. The summed E-state index contributed by atoms with van der Waals surface area (Å²) in [5, 5.41) is 21.4. The van der Waals surface area contributed by atoms with Gasteiger partial charge in [0.25, 0.3) is 6.43 Å². The molecule has 2 N–H and O–H groups in total. The molecule has 1 saturated carbocycles. The predicted octanol–water partition coefficient (Wildman–Crippen LogP) is 6.04. The maximum Gasteiger partial charge on any atom is 0.267 e. The molecule has 0 aliphatic heterocycles. The summed E-state index contributed by atoms with van der Waals surface area (Å²) in [7, 11) is 1.78. The minimum absolute atomic E-state index is 0.0385. The van der Waals surface area contributed by atoms with Gasteiger partial charge in [0.15, 0.2) is 11.4 Å². The van der Waals surface area contributed by atoms with Crippen molar-refractivity contribution in [2.45, 2.75) is 44.4 Å². The third-order valence-electron chi connectivity index (χ3n) is 7.22. The van der Waals surface area contributed by atoms with Crippen molar-refractivity contribution in [1.29, 1.82) is 0 Å². The van der Waals surface area contributed by atoms with E-state index in [9.17, 15) is 18.3 Å². The molecule has 10 heteroatoms. The van der Waals surface area contributed by atoms with Crippen molar-refractivity contribution in [2.75, 3.05) is 0 Å². The molecule has 39 heavy (non-hydrogen) atoms. The summed E-state index contributed by atoms with van der Waals surface area (Å²) in [4.78, 5) is 4.55. The van der Waals surface area contributed by atoms with Crippen LogP contribution < -0.4 is 5.32 Å². The molecule has 1 fully saturated rings. The predicted molar refractivity (Wildman–Crippen MR) is 140 cm³/mol. The van der Waals surface area contributed by atoms with Gasteiger partial charge in [-0.15, -0.1) is 10.2 Å². The van der Waals surface area contributed by atoms with E-state index in [1.807, 2.05) is 12.1 Å². The number of alkyl halides is 2. The molecule has 0 saturated heterocycles. The third kappa shape index (κ3) is 4.93. The molecule has 0 radical (unpaired) electrons. The van der Waals surface area contributed by atoms with E-state index in [1.165, 1.54) is 18.2 Å². The molecular formula is C29H26F3N5O2. The molecule has 0 spiro atoms. The van der Waals surface area contributed by atoms with Crippen LogP contribution in [0.1, 0.15) is 36.8 Å². The number of rotatable bonds is 7. The van der Waals surface area contributed by atoms with Gasteiger partial charge in [0.05, 0.1) is 11.7 Å². The van der Waals surface area contributed by atoms with Crippen molar-refractivity contribution >= 4 is 11.1 Å². The van der Waals surface area contributed by atoms with Gasteiger partial charge >= 0.3 is 0 Å². The Morgan fingerprint density at radius 1 is 1.08 bits per heavy atom. The number of nitrogens with one attached hydrogen (secondary N) is 1. The van der Waals surface area contributed by atoms with E-state index in [2.05, 4.69) is 20.5 Å². The molecule has 0 bridgehead atoms. The average Bonchev–Trinajstić information content (AvgIpc) is 3.66. The molecule has 2 heterocycles. The number of fused-ring (bicyclic) bond motifs is 1. The van der Waals surface area contributed by atoms with Gasteiger partial charge in [0, 0.05) is 30.8 Å². The first-order valence-electron chi connectivity index (χ1n) is 12.7. The molecule has 0 amide bonds. The van der Waals surface area contributed by atoms with E-state index >= 15 is 0 Å². The van der Waals surface area contributed by atoms with Crippen LogP contribution in [0.4, 0.5) is 13.2 Å². The fourth-order valence-electron chi connectivity index (χ4n) is 5.23. The summed E-state index contributed by atoms with van der Waals surface area (Å²) < 4.78 is 49.8. The van der Waals surface area contributed by atoms with Gasteiger partial charge in [0.1, 0.15) is 17.7 Å². The highest BCUT2D eigenvalue weighted by atomic mass is 19.3. The Bertz CT molecular complexity index is 1650. The zero-order chi connectivity index (χ0) is 27.1. The van der Waals surface area contributed by atoms with E-state index in [-0.39, 0.29) is 23.1 Å². The molecule has 5 aromatic rings. The quantitative estimate of drug-likeness (QED) is 0.265. The molecule has 7 nitrogen and oxygen atoms in total.